The standard InChI is InChI=1S/C23H18N2O3S2/c1-14-6-9-18(10-7-14)30-20-11-8-17(28-20)13-19-21(26)24-23(29)25(22(19)27)16-5-3-4-15(2)12-16/h3-13H,1-2H3,(H,24,26,29)/b19-13+. The van der Waals surface area contributed by atoms with E-state index in [9.17, 15) is 9.59 Å². The van der Waals surface area contributed by atoms with E-state index >= 15 is 0 Å². The van der Waals surface area contributed by atoms with Crippen LogP contribution in [0.2, 0.25) is 0 Å². The van der Waals surface area contributed by atoms with E-state index < -0.39 is 11.8 Å². The third kappa shape index (κ3) is 4.22. The zero-order valence-corrected chi connectivity index (χ0v) is 18.0. The van der Waals surface area contributed by atoms with Gasteiger partial charge < -0.3 is 4.42 Å². The lowest BCUT2D eigenvalue weighted by Gasteiger charge is -2.28. The average molecular weight is 435 g/mol. The minimum Gasteiger partial charge on any atom is -0.450 e. The Hall–Kier alpha value is -3.16. The molecule has 0 aliphatic carbocycles. The summed E-state index contributed by atoms with van der Waals surface area (Å²) in [6.45, 7) is 3.95. The fourth-order valence-electron chi connectivity index (χ4n) is 2.99. The van der Waals surface area contributed by atoms with Crippen LogP contribution in [0.5, 0.6) is 0 Å². The molecule has 0 radical (unpaired) electrons. The monoisotopic (exact) mass is 434 g/mol. The molecule has 2 heterocycles. The summed E-state index contributed by atoms with van der Waals surface area (Å²) in [4.78, 5) is 27.8. The number of aryl methyl sites for hydroxylation is 2. The molecule has 1 aromatic heterocycles. The Morgan fingerprint density at radius 2 is 1.77 bits per heavy atom. The van der Waals surface area contributed by atoms with Crippen LogP contribution in [0.1, 0.15) is 16.9 Å². The van der Waals surface area contributed by atoms with E-state index in [1.807, 2.05) is 62.4 Å². The number of anilines is 1. The van der Waals surface area contributed by atoms with Gasteiger partial charge in [-0.05, 0) is 74.1 Å². The minimum absolute atomic E-state index is 0.0358. The van der Waals surface area contributed by atoms with Crippen LogP contribution < -0.4 is 10.2 Å². The number of nitrogens with zero attached hydrogens (tertiary/aromatic N) is 1. The van der Waals surface area contributed by atoms with E-state index in [1.165, 1.54) is 28.3 Å². The second kappa shape index (κ2) is 8.30. The minimum atomic E-state index is -0.543. The fourth-order valence-corrected chi connectivity index (χ4v) is 4.05. The molecular weight excluding hydrogens is 416 g/mol. The molecule has 2 amide bonds. The lowest BCUT2D eigenvalue weighted by atomic mass is 10.1. The van der Waals surface area contributed by atoms with Gasteiger partial charge in [0.15, 0.2) is 10.2 Å². The predicted octanol–water partition coefficient (Wildman–Crippen LogP) is 4.88. The summed E-state index contributed by atoms with van der Waals surface area (Å²) < 4.78 is 5.81. The highest BCUT2D eigenvalue weighted by Gasteiger charge is 2.34. The van der Waals surface area contributed by atoms with E-state index in [0.29, 0.717) is 16.5 Å². The molecule has 0 atom stereocenters. The maximum atomic E-state index is 13.1. The molecular formula is C23H18N2O3S2. The smallest absolute Gasteiger partial charge is 0.270 e. The van der Waals surface area contributed by atoms with E-state index in [2.05, 4.69) is 5.32 Å². The number of hydrogen-bond donors (Lipinski definition) is 1. The van der Waals surface area contributed by atoms with Crippen molar-refractivity contribution in [3.8, 4) is 0 Å². The van der Waals surface area contributed by atoms with Gasteiger partial charge in [-0.25, -0.2) is 0 Å². The molecule has 7 heteroatoms. The van der Waals surface area contributed by atoms with Gasteiger partial charge in [-0.15, -0.1) is 0 Å². The van der Waals surface area contributed by atoms with Crippen molar-refractivity contribution in [3.05, 3.63) is 83.1 Å². The topological polar surface area (TPSA) is 62.6 Å². The summed E-state index contributed by atoms with van der Waals surface area (Å²) >= 11 is 6.70. The number of rotatable bonds is 4. The van der Waals surface area contributed by atoms with Gasteiger partial charge in [0, 0.05) is 4.90 Å². The molecule has 0 saturated carbocycles. The van der Waals surface area contributed by atoms with Crippen LogP contribution in [0.4, 0.5) is 5.69 Å². The van der Waals surface area contributed by atoms with Crippen molar-refractivity contribution >= 4 is 52.7 Å². The third-order valence-electron chi connectivity index (χ3n) is 4.49. The molecule has 3 aromatic rings. The number of furan rings is 1. The quantitative estimate of drug-likeness (QED) is 0.360. The Morgan fingerprint density at radius 1 is 1.00 bits per heavy atom. The highest BCUT2D eigenvalue weighted by atomic mass is 32.2. The van der Waals surface area contributed by atoms with E-state index in [-0.39, 0.29) is 10.7 Å². The second-order valence-electron chi connectivity index (χ2n) is 6.87. The predicted molar refractivity (Wildman–Crippen MR) is 121 cm³/mol. The largest absolute Gasteiger partial charge is 0.450 e. The first kappa shape index (κ1) is 20.1. The van der Waals surface area contributed by atoms with Gasteiger partial charge in [0.05, 0.1) is 5.69 Å². The normalized spacial score (nSPS) is 15.6. The van der Waals surface area contributed by atoms with Gasteiger partial charge in [-0.3, -0.25) is 19.8 Å². The highest BCUT2D eigenvalue weighted by molar-refractivity contribution is 7.99. The van der Waals surface area contributed by atoms with Crippen molar-refractivity contribution in [2.45, 2.75) is 23.8 Å². The summed E-state index contributed by atoms with van der Waals surface area (Å²) in [5.74, 6) is -0.614. The van der Waals surface area contributed by atoms with Gasteiger partial charge in [0.25, 0.3) is 11.8 Å². The molecule has 0 unspecified atom stereocenters. The van der Waals surface area contributed by atoms with Crippen molar-refractivity contribution in [1.29, 1.82) is 0 Å². The first-order chi connectivity index (χ1) is 14.4. The Bertz CT molecular complexity index is 1180. The van der Waals surface area contributed by atoms with Gasteiger partial charge in [-0.2, -0.15) is 0 Å². The van der Waals surface area contributed by atoms with Gasteiger partial charge in [0.1, 0.15) is 11.3 Å². The van der Waals surface area contributed by atoms with Crippen LogP contribution >= 0.6 is 24.0 Å². The van der Waals surface area contributed by atoms with Crippen molar-refractivity contribution < 1.29 is 14.0 Å². The number of carbonyl (C=O) groups is 2. The molecule has 0 spiro atoms. The highest BCUT2D eigenvalue weighted by Crippen LogP contribution is 2.30. The van der Waals surface area contributed by atoms with Crippen molar-refractivity contribution in [2.24, 2.45) is 0 Å². The van der Waals surface area contributed by atoms with Crippen molar-refractivity contribution in [2.75, 3.05) is 4.90 Å². The van der Waals surface area contributed by atoms with Gasteiger partial charge in [0.2, 0.25) is 0 Å². The summed E-state index contributed by atoms with van der Waals surface area (Å²) in [5.41, 5.74) is 2.73. The Kier molecular flexibility index (Phi) is 5.57. The third-order valence-corrected chi connectivity index (χ3v) is 5.70. The van der Waals surface area contributed by atoms with Crippen molar-refractivity contribution in [3.63, 3.8) is 0 Å². The van der Waals surface area contributed by atoms with E-state index in [1.54, 1.807) is 12.1 Å². The SMILES string of the molecule is Cc1ccc(Sc2ccc(/C=C3\C(=O)NC(=S)N(c4cccc(C)c4)C3=O)o2)cc1. The zero-order chi connectivity index (χ0) is 21.3. The number of thiocarbonyl (C=S) groups is 1. The van der Waals surface area contributed by atoms with Crippen LogP contribution in [0, 0.1) is 13.8 Å². The van der Waals surface area contributed by atoms with Crippen LogP contribution in [0.3, 0.4) is 0 Å². The summed E-state index contributed by atoms with van der Waals surface area (Å²) in [5, 5.41) is 3.31. The first-order valence-corrected chi connectivity index (χ1v) is 10.5. The molecule has 0 bridgehead atoms. The summed E-state index contributed by atoms with van der Waals surface area (Å²) in [7, 11) is 0. The number of nitrogens with one attached hydrogen (secondary N) is 1. The molecule has 2 aromatic carbocycles. The summed E-state index contributed by atoms with van der Waals surface area (Å²) in [6, 6.07) is 19.0. The fraction of sp³-hybridized carbons (Fsp3) is 0.0870. The molecule has 1 N–H and O–H groups in total. The Balaban J connectivity index is 1.60. The lowest BCUT2D eigenvalue weighted by molar-refractivity contribution is -0.122. The van der Waals surface area contributed by atoms with Gasteiger partial charge >= 0.3 is 0 Å². The zero-order valence-electron chi connectivity index (χ0n) is 16.3. The van der Waals surface area contributed by atoms with Crippen molar-refractivity contribution in [1.82, 2.24) is 5.32 Å². The maximum absolute atomic E-state index is 13.1. The molecule has 1 aliphatic heterocycles. The number of benzene rings is 2. The molecule has 1 aliphatic rings. The second-order valence-corrected chi connectivity index (χ2v) is 8.33. The molecule has 4 rings (SSSR count). The molecule has 5 nitrogen and oxygen atoms in total. The molecule has 150 valence electrons. The Labute approximate surface area is 183 Å². The van der Waals surface area contributed by atoms with Crippen LogP contribution in [0.15, 0.2) is 80.6 Å². The molecule has 1 fully saturated rings. The van der Waals surface area contributed by atoms with Crippen LogP contribution in [-0.2, 0) is 9.59 Å². The number of amides is 2. The Morgan fingerprint density at radius 3 is 2.50 bits per heavy atom. The molecule has 30 heavy (non-hydrogen) atoms. The summed E-state index contributed by atoms with van der Waals surface area (Å²) in [6.07, 6.45) is 1.45. The number of hydrogen-bond acceptors (Lipinski definition) is 5. The molecule has 1 saturated heterocycles. The first-order valence-electron chi connectivity index (χ1n) is 9.23. The van der Waals surface area contributed by atoms with Crippen LogP contribution in [0.25, 0.3) is 6.08 Å². The maximum Gasteiger partial charge on any atom is 0.270 e. The van der Waals surface area contributed by atoms with Crippen LogP contribution in [-0.4, -0.2) is 16.9 Å². The van der Waals surface area contributed by atoms with E-state index in [0.717, 1.165) is 10.5 Å². The number of carbonyl (C=O) groups excluding carboxylic acids is 2. The van der Waals surface area contributed by atoms with E-state index in [4.69, 9.17) is 16.6 Å². The lowest BCUT2D eigenvalue weighted by Crippen LogP contribution is -2.54. The van der Waals surface area contributed by atoms with Gasteiger partial charge in [-0.1, -0.05) is 41.6 Å². The average Bonchev–Trinajstić information content (AvgIpc) is 3.14.